The van der Waals surface area contributed by atoms with E-state index in [9.17, 15) is 4.79 Å². The highest BCUT2D eigenvalue weighted by molar-refractivity contribution is 5.69. The molecule has 0 spiro atoms. The number of rotatable bonds is 1. The molecule has 1 aliphatic carbocycles. The number of halogens is 1. The molecular formula is C8H14ClO2-. The molecule has 0 aromatic rings. The van der Waals surface area contributed by atoms with Crippen LogP contribution in [-0.2, 0) is 4.79 Å². The summed E-state index contributed by atoms with van der Waals surface area (Å²) in [5.74, 6) is 0.0960. The van der Waals surface area contributed by atoms with Crippen molar-refractivity contribution in [2.45, 2.75) is 32.6 Å². The van der Waals surface area contributed by atoms with Crippen LogP contribution in [0.15, 0.2) is 0 Å². The minimum absolute atomic E-state index is 0. The lowest BCUT2D eigenvalue weighted by atomic mass is 9.83. The monoisotopic (exact) mass is 177 g/mol. The Bertz CT molecular complexity index is 128. The molecular weight excluding hydrogens is 164 g/mol. The second-order valence-electron chi connectivity index (χ2n) is 3.30. The average Bonchev–Trinajstić information content (AvgIpc) is 1.88. The van der Waals surface area contributed by atoms with Crippen molar-refractivity contribution in [2.75, 3.05) is 0 Å². The van der Waals surface area contributed by atoms with Crippen molar-refractivity contribution >= 4 is 5.97 Å². The maximum atomic E-state index is 10.5. The van der Waals surface area contributed by atoms with Crippen molar-refractivity contribution in [3.8, 4) is 0 Å². The number of hydrogen-bond donors (Lipinski definition) is 1. The molecule has 11 heavy (non-hydrogen) atoms. The number of carbonyl (C=O) groups is 1. The van der Waals surface area contributed by atoms with Gasteiger partial charge in [-0.1, -0.05) is 6.92 Å². The second kappa shape index (κ2) is 4.60. The average molecular weight is 178 g/mol. The van der Waals surface area contributed by atoms with E-state index in [2.05, 4.69) is 6.92 Å². The summed E-state index contributed by atoms with van der Waals surface area (Å²) >= 11 is 0. The van der Waals surface area contributed by atoms with Crippen molar-refractivity contribution in [1.29, 1.82) is 0 Å². The molecule has 2 nitrogen and oxygen atoms in total. The van der Waals surface area contributed by atoms with Gasteiger partial charge in [0.1, 0.15) is 0 Å². The van der Waals surface area contributed by atoms with Crippen LogP contribution in [0, 0.1) is 11.8 Å². The first-order chi connectivity index (χ1) is 4.70. The fraction of sp³-hybridized carbons (Fsp3) is 0.875. The van der Waals surface area contributed by atoms with Crippen LogP contribution in [-0.4, -0.2) is 11.1 Å². The van der Waals surface area contributed by atoms with Crippen LogP contribution in [0.4, 0.5) is 0 Å². The van der Waals surface area contributed by atoms with E-state index in [1.54, 1.807) is 0 Å². The molecule has 1 saturated carbocycles. The second-order valence-corrected chi connectivity index (χ2v) is 3.30. The molecule has 1 fully saturated rings. The summed E-state index contributed by atoms with van der Waals surface area (Å²) < 4.78 is 0. The summed E-state index contributed by atoms with van der Waals surface area (Å²) in [6, 6.07) is 0. The zero-order valence-electron chi connectivity index (χ0n) is 6.72. The van der Waals surface area contributed by atoms with Crippen LogP contribution in [0.1, 0.15) is 32.6 Å². The van der Waals surface area contributed by atoms with Gasteiger partial charge in [-0.15, -0.1) is 0 Å². The Hall–Kier alpha value is -0.240. The van der Waals surface area contributed by atoms with Gasteiger partial charge in [0.25, 0.3) is 0 Å². The predicted octanol–water partition coefficient (Wildman–Crippen LogP) is -1.10. The van der Waals surface area contributed by atoms with E-state index < -0.39 is 5.97 Å². The highest BCUT2D eigenvalue weighted by Gasteiger charge is 2.23. The van der Waals surface area contributed by atoms with Crippen LogP contribution >= 0.6 is 0 Å². The molecule has 0 radical (unpaired) electrons. The Morgan fingerprint density at radius 3 is 2.09 bits per heavy atom. The number of carboxylic acid groups (broad SMARTS) is 1. The quantitative estimate of drug-likeness (QED) is 0.552. The van der Waals surface area contributed by atoms with Crippen LogP contribution in [0.2, 0.25) is 0 Å². The van der Waals surface area contributed by atoms with E-state index in [-0.39, 0.29) is 18.3 Å². The molecule has 0 heterocycles. The van der Waals surface area contributed by atoms with Crippen molar-refractivity contribution < 1.29 is 22.3 Å². The van der Waals surface area contributed by atoms with Gasteiger partial charge in [-0.2, -0.15) is 0 Å². The minimum atomic E-state index is -0.605. The van der Waals surface area contributed by atoms with Crippen molar-refractivity contribution in [2.24, 2.45) is 11.8 Å². The standard InChI is InChI=1S/C8H14O2.ClH/c1-6-2-4-7(5-3-6)8(9)10;/h6-7H,2-5H2,1H3,(H,9,10);1H/p-1. The molecule has 3 heteroatoms. The number of carboxylic acids is 1. The maximum absolute atomic E-state index is 10.5. The molecule has 66 valence electrons. The van der Waals surface area contributed by atoms with Crippen LogP contribution < -0.4 is 12.4 Å². The summed E-state index contributed by atoms with van der Waals surface area (Å²) in [6.45, 7) is 2.19. The number of aliphatic carboxylic acids is 1. The van der Waals surface area contributed by atoms with Gasteiger partial charge in [-0.3, -0.25) is 4.79 Å². The Morgan fingerprint density at radius 2 is 1.73 bits per heavy atom. The molecule has 1 N–H and O–H groups in total. The first-order valence-corrected chi connectivity index (χ1v) is 3.93. The normalized spacial score (nSPS) is 30.6. The van der Waals surface area contributed by atoms with Gasteiger partial charge in [0, 0.05) is 0 Å². The summed E-state index contributed by atoms with van der Waals surface area (Å²) in [4.78, 5) is 10.5. The Morgan fingerprint density at radius 1 is 1.27 bits per heavy atom. The topological polar surface area (TPSA) is 37.3 Å². The fourth-order valence-electron chi connectivity index (χ4n) is 1.51. The number of hydrogen-bond acceptors (Lipinski definition) is 1. The van der Waals surface area contributed by atoms with Gasteiger partial charge in [0.05, 0.1) is 5.92 Å². The molecule has 0 unspecified atom stereocenters. The molecule has 0 bridgehead atoms. The lowest BCUT2D eigenvalue weighted by Gasteiger charge is -2.22. The van der Waals surface area contributed by atoms with Crippen LogP contribution in [0.3, 0.4) is 0 Å². The van der Waals surface area contributed by atoms with Gasteiger partial charge in [0.15, 0.2) is 0 Å². The zero-order chi connectivity index (χ0) is 7.56. The third kappa shape index (κ3) is 3.10. The molecule has 1 aliphatic rings. The summed E-state index contributed by atoms with van der Waals surface area (Å²) in [7, 11) is 0. The van der Waals surface area contributed by atoms with Crippen molar-refractivity contribution in [3.05, 3.63) is 0 Å². The molecule has 0 aromatic carbocycles. The summed E-state index contributed by atoms with van der Waals surface area (Å²) in [6.07, 6.45) is 3.96. The first kappa shape index (κ1) is 10.8. The minimum Gasteiger partial charge on any atom is -1.00 e. The van der Waals surface area contributed by atoms with Gasteiger partial charge in [0.2, 0.25) is 0 Å². The van der Waals surface area contributed by atoms with Crippen molar-refractivity contribution in [3.63, 3.8) is 0 Å². The van der Waals surface area contributed by atoms with Gasteiger partial charge in [-0.25, -0.2) is 0 Å². The van der Waals surface area contributed by atoms with E-state index in [0.717, 1.165) is 31.6 Å². The van der Waals surface area contributed by atoms with E-state index in [4.69, 9.17) is 5.11 Å². The van der Waals surface area contributed by atoms with Crippen LogP contribution in [0.5, 0.6) is 0 Å². The van der Waals surface area contributed by atoms with E-state index >= 15 is 0 Å². The smallest absolute Gasteiger partial charge is 0.306 e. The largest absolute Gasteiger partial charge is 1.00 e. The van der Waals surface area contributed by atoms with E-state index in [0.29, 0.717) is 0 Å². The lowest BCUT2D eigenvalue weighted by Crippen LogP contribution is -3.00. The predicted molar refractivity (Wildman–Crippen MR) is 38.8 cm³/mol. The Balaban J connectivity index is 0.000001000. The molecule has 1 rings (SSSR count). The Labute approximate surface area is 73.4 Å². The molecule has 0 amide bonds. The molecule has 0 atom stereocenters. The van der Waals surface area contributed by atoms with Crippen molar-refractivity contribution in [1.82, 2.24) is 0 Å². The molecule has 0 aliphatic heterocycles. The third-order valence-electron chi connectivity index (χ3n) is 2.37. The highest BCUT2D eigenvalue weighted by atomic mass is 35.5. The van der Waals surface area contributed by atoms with Gasteiger partial charge < -0.3 is 17.5 Å². The SMILES string of the molecule is CC1CCC(C(=O)O)CC1.[Cl-]. The highest BCUT2D eigenvalue weighted by Crippen LogP contribution is 2.27. The first-order valence-electron chi connectivity index (χ1n) is 3.93. The Kier molecular flexibility index (Phi) is 4.50. The van der Waals surface area contributed by atoms with Gasteiger partial charge >= 0.3 is 5.97 Å². The summed E-state index contributed by atoms with van der Waals surface area (Å²) in [5, 5.41) is 8.62. The van der Waals surface area contributed by atoms with E-state index in [1.165, 1.54) is 0 Å². The van der Waals surface area contributed by atoms with Gasteiger partial charge in [-0.05, 0) is 31.6 Å². The third-order valence-corrected chi connectivity index (χ3v) is 2.37. The molecule has 0 aromatic heterocycles. The summed E-state index contributed by atoms with van der Waals surface area (Å²) in [5.41, 5.74) is 0. The van der Waals surface area contributed by atoms with Crippen LogP contribution in [0.25, 0.3) is 0 Å². The fourth-order valence-corrected chi connectivity index (χ4v) is 1.51. The lowest BCUT2D eigenvalue weighted by molar-refractivity contribution is -0.143. The maximum Gasteiger partial charge on any atom is 0.306 e. The molecule has 0 saturated heterocycles. The zero-order valence-corrected chi connectivity index (χ0v) is 7.47. The van der Waals surface area contributed by atoms with E-state index in [1.807, 2.05) is 0 Å².